The fraction of sp³-hybridized carbons (Fsp3) is 0. The maximum Gasteiger partial charge on any atom is 2.00 e. The van der Waals surface area contributed by atoms with E-state index in [9.17, 15) is 0 Å². The van der Waals surface area contributed by atoms with Gasteiger partial charge in [-0.2, -0.15) is 0 Å². The molecule has 0 aliphatic heterocycles. The van der Waals surface area contributed by atoms with Crippen molar-refractivity contribution in [2.45, 2.75) is 0 Å². The maximum absolute atomic E-state index is 0. The molecule has 4 heteroatoms. The van der Waals surface area contributed by atoms with Crippen LogP contribution in [0, 0.1) is 0 Å². The first-order chi connectivity index (χ1) is 0. The molecule has 0 aromatic rings. The van der Waals surface area contributed by atoms with Gasteiger partial charge in [-0.05, 0) is 0 Å². The van der Waals surface area contributed by atoms with Gasteiger partial charge in [-0.3, -0.25) is 0 Å². The van der Waals surface area contributed by atoms with Gasteiger partial charge in [-0.15, -0.1) is 0 Å². The van der Waals surface area contributed by atoms with Crippen molar-refractivity contribution in [3.8, 4) is 0 Å². The van der Waals surface area contributed by atoms with Crippen LogP contribution in [-0.2, 0) is 34.1 Å². The summed E-state index contributed by atoms with van der Waals surface area (Å²) < 4.78 is 0. The van der Waals surface area contributed by atoms with Gasteiger partial charge in [-0.1, -0.05) is 0 Å². The predicted octanol–water partition coefficient (Wildman–Crippen LogP) is -1.34. The number of hydrogen-bond donors (Lipinski definition) is 0. The standard InChI is InChI=1S/Al.Ca.Cu.Mn.5H/q;+2;;;;;;2*-1. The third kappa shape index (κ3) is 8.85. The summed E-state index contributed by atoms with van der Waals surface area (Å²) in [5.41, 5.74) is 0. The van der Waals surface area contributed by atoms with Crippen molar-refractivity contribution in [2.24, 2.45) is 0 Å². The summed E-state index contributed by atoms with van der Waals surface area (Å²) in [7, 11) is 0. The van der Waals surface area contributed by atoms with E-state index in [4.69, 9.17) is 0 Å². The van der Waals surface area contributed by atoms with E-state index in [1.54, 1.807) is 0 Å². The summed E-state index contributed by atoms with van der Waals surface area (Å²) in [6.07, 6.45) is 0. The van der Waals surface area contributed by atoms with Gasteiger partial charge in [0.15, 0.2) is 17.4 Å². The van der Waals surface area contributed by atoms with Crippen LogP contribution in [0.1, 0.15) is 2.85 Å². The van der Waals surface area contributed by atoms with Crippen LogP contribution in [0.15, 0.2) is 0 Å². The summed E-state index contributed by atoms with van der Waals surface area (Å²) in [4.78, 5) is 0. The first-order valence-corrected chi connectivity index (χ1v) is 0. The Morgan fingerprint density at radius 3 is 1.25 bits per heavy atom. The van der Waals surface area contributed by atoms with E-state index in [1.807, 2.05) is 0 Å². The molecule has 2 radical (unpaired) electrons. The van der Waals surface area contributed by atoms with E-state index in [-0.39, 0.29) is 92.1 Å². The van der Waals surface area contributed by atoms with Gasteiger partial charge < -0.3 is 2.85 Å². The minimum Gasteiger partial charge on any atom is -1.00 e. The number of hydrogen-bond acceptors (Lipinski definition) is 0. The molecule has 0 unspecified atom stereocenters. The fourth-order valence-electron chi connectivity index (χ4n) is 0. The summed E-state index contributed by atoms with van der Waals surface area (Å²) in [5, 5.41) is 0. The second-order valence-corrected chi connectivity index (χ2v) is 0. The molecule has 28 valence electrons. The van der Waals surface area contributed by atoms with Crippen LogP contribution in [-0.4, -0.2) is 55.1 Å². The van der Waals surface area contributed by atoms with Crippen LogP contribution in [0.25, 0.3) is 0 Å². The van der Waals surface area contributed by atoms with Crippen LogP contribution in [0.4, 0.5) is 0 Å². The first kappa shape index (κ1) is 29.0. The van der Waals surface area contributed by atoms with Crippen molar-refractivity contribution in [1.29, 1.82) is 0 Å². The summed E-state index contributed by atoms with van der Waals surface area (Å²) in [6.45, 7) is 0. The molecule has 0 heterocycles. The third-order valence-electron chi connectivity index (χ3n) is 0. The number of rotatable bonds is 0. The van der Waals surface area contributed by atoms with Crippen molar-refractivity contribution < 1.29 is 37.0 Å². The normalized spacial score (nSPS) is 0. The predicted molar refractivity (Wildman–Crippen MR) is 17.9 cm³/mol. The van der Waals surface area contributed by atoms with Crippen LogP contribution in [0.3, 0.4) is 0 Å². The molecular formula is H5AlCaCuMn. The van der Waals surface area contributed by atoms with Crippen molar-refractivity contribution in [2.75, 3.05) is 0 Å². The Bertz CT molecular complexity index is 13.5. The Morgan fingerprint density at radius 1 is 1.25 bits per heavy atom. The van der Waals surface area contributed by atoms with Gasteiger partial charge in [0.25, 0.3) is 0 Å². The molecule has 0 spiro atoms. The van der Waals surface area contributed by atoms with Crippen LogP contribution < -0.4 is 0 Å². The van der Waals surface area contributed by atoms with E-state index in [0.29, 0.717) is 0 Å². The zero-order valence-corrected chi connectivity index (χ0v) is 5.72. The molecule has 0 rings (SSSR count). The Hall–Kier alpha value is 2.83. The largest absolute Gasteiger partial charge is 2.00 e. The van der Waals surface area contributed by atoms with E-state index in [2.05, 4.69) is 0 Å². The molecule has 0 fully saturated rings. The minimum atomic E-state index is 0. The van der Waals surface area contributed by atoms with Crippen LogP contribution >= 0.6 is 0 Å². The SMILES string of the molecule is [AlH3].[Ca+2].[Cu].[H-].[H-].[Mn]. The molecule has 0 N–H and O–H groups in total. The zero-order valence-electron chi connectivity index (χ0n) is 3.39. The van der Waals surface area contributed by atoms with Crippen LogP contribution in [0.5, 0.6) is 0 Å². The van der Waals surface area contributed by atoms with E-state index in [0.717, 1.165) is 0 Å². The van der Waals surface area contributed by atoms with Crippen molar-refractivity contribution >= 4 is 55.1 Å². The molecule has 0 nitrogen and oxygen atoms in total. The average Bonchev–Trinajstić information content (AvgIpc) is 0. The molecule has 0 saturated carbocycles. The van der Waals surface area contributed by atoms with Crippen LogP contribution in [0.2, 0.25) is 0 Å². The second-order valence-electron chi connectivity index (χ2n) is 0. The van der Waals surface area contributed by atoms with Gasteiger partial charge >= 0.3 is 37.7 Å². The van der Waals surface area contributed by atoms with Gasteiger partial charge in [0.2, 0.25) is 0 Å². The minimum absolute atomic E-state index is 0. The van der Waals surface area contributed by atoms with Crippen molar-refractivity contribution in [3.63, 3.8) is 0 Å². The van der Waals surface area contributed by atoms with Gasteiger partial charge in [0, 0.05) is 34.1 Å². The first-order valence-electron chi connectivity index (χ1n) is 0. The molecule has 0 aromatic carbocycles. The maximum atomic E-state index is 0. The molecule has 0 saturated heterocycles. The van der Waals surface area contributed by atoms with Crippen molar-refractivity contribution in [3.05, 3.63) is 0 Å². The molecule has 0 bridgehead atoms. The zero-order chi connectivity index (χ0) is 0. The Balaban J connectivity index is 0. The molecular weight excluding hydrogens is 186 g/mol. The Labute approximate surface area is 90.5 Å². The topological polar surface area (TPSA) is 0 Å². The second kappa shape index (κ2) is 17.0. The Kier molecular flexibility index (Phi) is 123. The summed E-state index contributed by atoms with van der Waals surface area (Å²) in [5.74, 6) is 0. The third-order valence-corrected chi connectivity index (χ3v) is 0. The molecule has 0 atom stereocenters. The van der Waals surface area contributed by atoms with E-state index in [1.165, 1.54) is 0 Å². The van der Waals surface area contributed by atoms with Gasteiger partial charge in [0.05, 0.1) is 0 Å². The van der Waals surface area contributed by atoms with Crippen molar-refractivity contribution in [1.82, 2.24) is 0 Å². The van der Waals surface area contributed by atoms with Gasteiger partial charge in [-0.25, -0.2) is 0 Å². The molecule has 0 amide bonds. The molecule has 0 aliphatic rings. The summed E-state index contributed by atoms with van der Waals surface area (Å²) in [6, 6.07) is 0. The Morgan fingerprint density at radius 2 is 1.25 bits per heavy atom. The quantitative estimate of drug-likeness (QED) is 0.415. The molecule has 0 aromatic heterocycles. The average molecular weight is 191 g/mol. The monoisotopic (exact) mass is 190 g/mol. The fourth-order valence-corrected chi connectivity index (χ4v) is 0. The van der Waals surface area contributed by atoms with Gasteiger partial charge in [0.1, 0.15) is 0 Å². The molecule has 0 aliphatic carbocycles. The molecule has 4 heavy (non-hydrogen) atoms. The van der Waals surface area contributed by atoms with E-state index >= 15 is 0 Å². The van der Waals surface area contributed by atoms with E-state index < -0.39 is 0 Å². The smallest absolute Gasteiger partial charge is 1.00 e. The summed E-state index contributed by atoms with van der Waals surface area (Å²) >= 11 is 0.